The summed E-state index contributed by atoms with van der Waals surface area (Å²) < 4.78 is 13.1. The van der Waals surface area contributed by atoms with E-state index in [9.17, 15) is 14.0 Å². The van der Waals surface area contributed by atoms with Crippen molar-refractivity contribution >= 4 is 23.3 Å². The molecule has 0 saturated carbocycles. The van der Waals surface area contributed by atoms with Crippen molar-refractivity contribution in [3.63, 3.8) is 0 Å². The van der Waals surface area contributed by atoms with Gasteiger partial charge in [-0.1, -0.05) is 12.1 Å². The molecule has 25 heavy (non-hydrogen) atoms. The molecule has 3 amide bonds. The molecule has 0 radical (unpaired) electrons. The van der Waals surface area contributed by atoms with Crippen molar-refractivity contribution in [1.29, 1.82) is 0 Å². The Balaban J connectivity index is 1.58. The molecule has 7 heteroatoms. The van der Waals surface area contributed by atoms with Gasteiger partial charge in [0.25, 0.3) is 0 Å². The zero-order chi connectivity index (χ0) is 18.1. The zero-order valence-electron chi connectivity index (χ0n) is 14.0. The van der Waals surface area contributed by atoms with E-state index in [1.807, 2.05) is 18.4 Å². The minimum absolute atomic E-state index is 0.0252. The molecule has 0 aliphatic heterocycles. The first-order valence-corrected chi connectivity index (χ1v) is 9.04. The predicted octanol–water partition coefficient (Wildman–Crippen LogP) is 2.48. The Morgan fingerprint density at radius 2 is 1.96 bits per heavy atom. The van der Waals surface area contributed by atoms with Crippen LogP contribution in [0, 0.1) is 5.82 Å². The number of benzene rings is 1. The van der Waals surface area contributed by atoms with Gasteiger partial charge in [-0.05, 0) is 53.4 Å². The van der Waals surface area contributed by atoms with Crippen molar-refractivity contribution in [3.05, 3.63) is 58.0 Å². The van der Waals surface area contributed by atoms with Crippen LogP contribution in [0.25, 0.3) is 0 Å². The largest absolute Gasteiger partial charge is 0.354 e. The van der Waals surface area contributed by atoms with Crippen LogP contribution < -0.4 is 16.0 Å². The first kappa shape index (κ1) is 18.9. The Bertz CT molecular complexity index is 691. The van der Waals surface area contributed by atoms with Crippen LogP contribution in [-0.4, -0.2) is 31.1 Å². The summed E-state index contributed by atoms with van der Waals surface area (Å²) in [5.74, 6) is -0.571. The highest BCUT2D eigenvalue weighted by Crippen LogP contribution is 2.08. The first-order valence-electron chi connectivity index (χ1n) is 8.09. The minimum atomic E-state index is -0.361. The van der Waals surface area contributed by atoms with E-state index in [4.69, 9.17) is 0 Å². The lowest BCUT2D eigenvalue weighted by Gasteiger charge is -2.14. The molecule has 0 saturated heterocycles. The maximum atomic E-state index is 13.1. The molecule has 1 aromatic heterocycles. The summed E-state index contributed by atoms with van der Waals surface area (Å²) in [6.07, 6.45) is 0.892. The normalized spacial score (nSPS) is 11.6. The van der Waals surface area contributed by atoms with Crippen molar-refractivity contribution in [3.8, 4) is 0 Å². The number of hydrogen-bond acceptors (Lipinski definition) is 3. The topological polar surface area (TPSA) is 70.2 Å². The Morgan fingerprint density at radius 1 is 1.16 bits per heavy atom. The summed E-state index contributed by atoms with van der Waals surface area (Å²) in [4.78, 5) is 23.5. The number of carbonyl (C=O) groups excluding carboxylic acids is 2. The van der Waals surface area contributed by atoms with Gasteiger partial charge in [0.15, 0.2) is 0 Å². The van der Waals surface area contributed by atoms with Gasteiger partial charge in [0.05, 0.1) is 6.42 Å². The van der Waals surface area contributed by atoms with Crippen molar-refractivity contribution in [2.24, 2.45) is 0 Å². The summed E-state index contributed by atoms with van der Waals surface area (Å²) >= 11 is 1.63. The lowest BCUT2D eigenvalue weighted by atomic mass is 10.1. The molecule has 5 nitrogen and oxygen atoms in total. The molecule has 2 aromatic rings. The van der Waals surface area contributed by atoms with Gasteiger partial charge in [0.2, 0.25) is 5.91 Å². The average molecular weight is 363 g/mol. The van der Waals surface area contributed by atoms with E-state index in [-0.39, 0.29) is 30.2 Å². The molecule has 134 valence electrons. The van der Waals surface area contributed by atoms with Crippen LogP contribution in [-0.2, 0) is 17.6 Å². The van der Waals surface area contributed by atoms with Crippen LogP contribution in [0.5, 0.6) is 0 Å². The SMILES string of the molecule is CC(Cc1ccsc1)NC(=O)NCCNC(=O)Cc1cccc(F)c1. The Hall–Kier alpha value is -2.41. The fourth-order valence-corrected chi connectivity index (χ4v) is 3.04. The van der Waals surface area contributed by atoms with Crippen LogP contribution in [0.15, 0.2) is 41.1 Å². The number of thiophene rings is 1. The first-order chi connectivity index (χ1) is 12.0. The molecule has 0 aliphatic rings. The van der Waals surface area contributed by atoms with E-state index < -0.39 is 0 Å². The van der Waals surface area contributed by atoms with E-state index in [1.165, 1.54) is 17.7 Å². The van der Waals surface area contributed by atoms with E-state index in [0.717, 1.165) is 6.42 Å². The number of amides is 3. The minimum Gasteiger partial charge on any atom is -0.354 e. The molecule has 1 heterocycles. The molecule has 0 aliphatic carbocycles. The smallest absolute Gasteiger partial charge is 0.315 e. The van der Waals surface area contributed by atoms with Gasteiger partial charge >= 0.3 is 6.03 Å². The maximum Gasteiger partial charge on any atom is 0.315 e. The van der Waals surface area contributed by atoms with Crippen molar-refractivity contribution in [2.75, 3.05) is 13.1 Å². The number of nitrogens with one attached hydrogen (secondary N) is 3. The van der Waals surface area contributed by atoms with Crippen LogP contribution in [0.2, 0.25) is 0 Å². The number of halogens is 1. The second-order valence-corrected chi connectivity index (χ2v) is 6.57. The van der Waals surface area contributed by atoms with Crippen LogP contribution in [0.3, 0.4) is 0 Å². The van der Waals surface area contributed by atoms with Gasteiger partial charge in [-0.3, -0.25) is 4.79 Å². The van der Waals surface area contributed by atoms with Crippen LogP contribution in [0.4, 0.5) is 9.18 Å². The summed E-state index contributed by atoms with van der Waals surface area (Å²) in [6.45, 7) is 2.59. The number of rotatable bonds is 8. The second kappa shape index (κ2) is 9.78. The summed E-state index contributed by atoms with van der Waals surface area (Å²) in [5, 5.41) is 12.3. The summed E-state index contributed by atoms with van der Waals surface area (Å²) in [6, 6.07) is 7.74. The van der Waals surface area contributed by atoms with Crippen molar-refractivity contribution in [2.45, 2.75) is 25.8 Å². The van der Waals surface area contributed by atoms with Gasteiger partial charge in [-0.25, -0.2) is 9.18 Å². The molecule has 3 N–H and O–H groups in total. The highest BCUT2D eigenvalue weighted by molar-refractivity contribution is 7.07. The fourth-order valence-electron chi connectivity index (χ4n) is 2.36. The predicted molar refractivity (Wildman–Crippen MR) is 97.1 cm³/mol. The lowest BCUT2D eigenvalue weighted by molar-refractivity contribution is -0.120. The Morgan fingerprint density at radius 3 is 2.68 bits per heavy atom. The summed E-state index contributed by atoms with van der Waals surface area (Å²) in [5.41, 5.74) is 1.81. The van der Waals surface area contributed by atoms with Crippen molar-refractivity contribution < 1.29 is 14.0 Å². The van der Waals surface area contributed by atoms with E-state index in [0.29, 0.717) is 18.7 Å². The lowest BCUT2D eigenvalue weighted by Crippen LogP contribution is -2.44. The zero-order valence-corrected chi connectivity index (χ0v) is 14.9. The molecule has 1 atom stereocenters. The molecule has 0 bridgehead atoms. The highest BCUT2D eigenvalue weighted by Gasteiger charge is 2.08. The van der Waals surface area contributed by atoms with Crippen LogP contribution >= 0.6 is 11.3 Å². The monoisotopic (exact) mass is 363 g/mol. The van der Waals surface area contributed by atoms with Crippen molar-refractivity contribution in [1.82, 2.24) is 16.0 Å². The van der Waals surface area contributed by atoms with Crippen LogP contribution in [0.1, 0.15) is 18.1 Å². The molecule has 0 fully saturated rings. The molecule has 1 aromatic carbocycles. The number of hydrogen-bond donors (Lipinski definition) is 3. The Labute approximate surface area is 150 Å². The van der Waals surface area contributed by atoms with E-state index in [2.05, 4.69) is 21.3 Å². The molecular weight excluding hydrogens is 341 g/mol. The summed E-state index contributed by atoms with van der Waals surface area (Å²) in [7, 11) is 0. The molecule has 1 unspecified atom stereocenters. The average Bonchev–Trinajstić information content (AvgIpc) is 3.04. The van der Waals surface area contributed by atoms with Gasteiger partial charge in [-0.15, -0.1) is 0 Å². The third-order valence-electron chi connectivity index (χ3n) is 3.49. The highest BCUT2D eigenvalue weighted by atomic mass is 32.1. The van der Waals surface area contributed by atoms with Gasteiger partial charge in [-0.2, -0.15) is 11.3 Å². The maximum absolute atomic E-state index is 13.1. The van der Waals surface area contributed by atoms with Gasteiger partial charge < -0.3 is 16.0 Å². The third kappa shape index (κ3) is 7.34. The second-order valence-electron chi connectivity index (χ2n) is 5.79. The quantitative estimate of drug-likeness (QED) is 0.631. The van der Waals surface area contributed by atoms with Gasteiger partial charge in [0, 0.05) is 19.1 Å². The molecule has 0 spiro atoms. The fraction of sp³-hybridized carbons (Fsp3) is 0.333. The van der Waals surface area contributed by atoms with E-state index >= 15 is 0 Å². The molecule has 2 rings (SSSR count). The Kier molecular flexibility index (Phi) is 7.40. The standard InChI is InChI=1S/C18H22FN3O2S/c1-13(9-15-5-8-25-12-15)22-18(24)21-7-6-20-17(23)11-14-3-2-4-16(19)10-14/h2-5,8,10,12-13H,6-7,9,11H2,1H3,(H,20,23)(H2,21,22,24). The number of urea groups is 1. The molecular formula is C18H22FN3O2S. The third-order valence-corrected chi connectivity index (χ3v) is 4.22. The van der Waals surface area contributed by atoms with E-state index in [1.54, 1.807) is 23.5 Å². The number of carbonyl (C=O) groups is 2. The van der Waals surface area contributed by atoms with Gasteiger partial charge in [0.1, 0.15) is 5.82 Å².